The zero-order valence-electron chi connectivity index (χ0n) is 10.9. The van der Waals surface area contributed by atoms with Gasteiger partial charge < -0.3 is 10.1 Å². The zero-order chi connectivity index (χ0) is 14.5. The van der Waals surface area contributed by atoms with E-state index in [9.17, 15) is 8.78 Å². The first-order valence-corrected chi connectivity index (χ1v) is 6.99. The predicted molar refractivity (Wildman–Crippen MR) is 79.0 cm³/mol. The van der Waals surface area contributed by atoms with Gasteiger partial charge in [0.15, 0.2) is 11.6 Å². The lowest BCUT2D eigenvalue weighted by atomic mass is 10.2. The highest BCUT2D eigenvalue weighted by Crippen LogP contribution is 2.23. The third-order valence-corrected chi connectivity index (χ3v) is 3.47. The van der Waals surface area contributed by atoms with Crippen molar-refractivity contribution in [3.8, 4) is 5.75 Å². The Bertz CT molecular complexity index is 604. The van der Waals surface area contributed by atoms with Crippen LogP contribution in [0.4, 0.5) is 14.5 Å². The standard InChI is InChI=1S/C15H14BrF2NO/c1-2-20-15-6-5-12(8-14(15)18)19-9-10-3-4-11(17)7-13(10)16/h3-8,19H,2,9H2,1H3. The van der Waals surface area contributed by atoms with Crippen molar-refractivity contribution in [3.63, 3.8) is 0 Å². The van der Waals surface area contributed by atoms with Crippen LogP contribution in [0.1, 0.15) is 12.5 Å². The maximum Gasteiger partial charge on any atom is 0.167 e. The minimum atomic E-state index is -0.407. The summed E-state index contributed by atoms with van der Waals surface area (Å²) >= 11 is 3.29. The van der Waals surface area contributed by atoms with Crippen molar-refractivity contribution in [2.24, 2.45) is 0 Å². The Morgan fingerprint density at radius 2 is 1.95 bits per heavy atom. The van der Waals surface area contributed by atoms with E-state index < -0.39 is 5.82 Å². The first-order chi connectivity index (χ1) is 9.60. The minimum absolute atomic E-state index is 0.237. The van der Waals surface area contributed by atoms with Gasteiger partial charge in [-0.05, 0) is 36.8 Å². The van der Waals surface area contributed by atoms with E-state index in [1.165, 1.54) is 18.2 Å². The Balaban J connectivity index is 2.05. The fraction of sp³-hybridized carbons (Fsp3) is 0.200. The minimum Gasteiger partial charge on any atom is -0.491 e. The molecule has 2 aromatic carbocycles. The molecule has 0 aromatic heterocycles. The van der Waals surface area contributed by atoms with Gasteiger partial charge >= 0.3 is 0 Å². The lowest BCUT2D eigenvalue weighted by molar-refractivity contribution is 0.321. The molecule has 0 unspecified atom stereocenters. The van der Waals surface area contributed by atoms with Crippen LogP contribution in [0.25, 0.3) is 0 Å². The molecule has 20 heavy (non-hydrogen) atoms. The number of halogens is 3. The molecule has 0 fully saturated rings. The molecule has 0 aliphatic heterocycles. The van der Waals surface area contributed by atoms with Crippen LogP contribution in [0.3, 0.4) is 0 Å². The Morgan fingerprint density at radius 1 is 1.15 bits per heavy atom. The number of anilines is 1. The second-order valence-electron chi connectivity index (χ2n) is 4.17. The number of nitrogens with one attached hydrogen (secondary N) is 1. The van der Waals surface area contributed by atoms with E-state index in [-0.39, 0.29) is 11.6 Å². The summed E-state index contributed by atoms with van der Waals surface area (Å²) in [7, 11) is 0. The van der Waals surface area contributed by atoms with Gasteiger partial charge in [-0.1, -0.05) is 22.0 Å². The lowest BCUT2D eigenvalue weighted by Crippen LogP contribution is -2.02. The normalized spacial score (nSPS) is 10.4. The monoisotopic (exact) mass is 341 g/mol. The van der Waals surface area contributed by atoms with Crippen LogP contribution in [0, 0.1) is 11.6 Å². The quantitative estimate of drug-likeness (QED) is 0.848. The van der Waals surface area contributed by atoms with Gasteiger partial charge in [0.1, 0.15) is 5.82 Å². The summed E-state index contributed by atoms with van der Waals surface area (Å²) in [6.07, 6.45) is 0. The highest BCUT2D eigenvalue weighted by atomic mass is 79.9. The fourth-order valence-electron chi connectivity index (χ4n) is 1.75. The van der Waals surface area contributed by atoms with E-state index in [4.69, 9.17) is 4.74 Å². The Labute approximate surface area is 124 Å². The molecule has 2 aromatic rings. The highest BCUT2D eigenvalue weighted by molar-refractivity contribution is 9.10. The van der Waals surface area contributed by atoms with Crippen molar-refractivity contribution in [1.29, 1.82) is 0 Å². The first kappa shape index (κ1) is 14.8. The smallest absolute Gasteiger partial charge is 0.167 e. The summed E-state index contributed by atoms with van der Waals surface area (Å²) in [6.45, 7) is 2.69. The molecule has 0 amide bonds. The molecule has 0 aliphatic rings. The molecule has 0 atom stereocenters. The van der Waals surface area contributed by atoms with Crippen LogP contribution in [-0.4, -0.2) is 6.61 Å². The predicted octanol–water partition coefficient (Wildman–Crippen LogP) is 4.74. The fourth-order valence-corrected chi connectivity index (χ4v) is 2.24. The van der Waals surface area contributed by atoms with Crippen molar-refractivity contribution >= 4 is 21.6 Å². The van der Waals surface area contributed by atoms with E-state index in [1.54, 1.807) is 25.1 Å². The van der Waals surface area contributed by atoms with Gasteiger partial charge in [0.25, 0.3) is 0 Å². The van der Waals surface area contributed by atoms with Crippen LogP contribution in [0.15, 0.2) is 40.9 Å². The number of benzene rings is 2. The topological polar surface area (TPSA) is 21.3 Å². The van der Waals surface area contributed by atoms with Gasteiger partial charge in [-0.3, -0.25) is 0 Å². The summed E-state index contributed by atoms with van der Waals surface area (Å²) in [5.41, 5.74) is 1.53. The van der Waals surface area contributed by atoms with Gasteiger partial charge in [0, 0.05) is 22.8 Å². The van der Waals surface area contributed by atoms with E-state index in [0.717, 1.165) is 5.56 Å². The van der Waals surface area contributed by atoms with Crippen LogP contribution >= 0.6 is 15.9 Å². The molecule has 106 valence electrons. The molecule has 0 heterocycles. The van der Waals surface area contributed by atoms with Gasteiger partial charge in [-0.25, -0.2) is 8.78 Å². The van der Waals surface area contributed by atoms with Crippen molar-refractivity contribution < 1.29 is 13.5 Å². The molecule has 2 rings (SSSR count). The Morgan fingerprint density at radius 3 is 2.60 bits per heavy atom. The second kappa shape index (κ2) is 6.70. The molecular formula is C15H14BrF2NO. The van der Waals surface area contributed by atoms with Crippen molar-refractivity contribution in [1.82, 2.24) is 0 Å². The highest BCUT2D eigenvalue weighted by Gasteiger charge is 2.05. The van der Waals surface area contributed by atoms with Crippen molar-refractivity contribution in [2.45, 2.75) is 13.5 Å². The van der Waals surface area contributed by atoms with Gasteiger partial charge in [0.2, 0.25) is 0 Å². The van der Waals surface area contributed by atoms with Gasteiger partial charge in [0.05, 0.1) is 6.61 Å². The Kier molecular flexibility index (Phi) is 4.95. The van der Waals surface area contributed by atoms with Gasteiger partial charge in [-0.15, -0.1) is 0 Å². The Hall–Kier alpha value is -1.62. The molecule has 0 saturated carbocycles. The van der Waals surface area contributed by atoms with E-state index in [2.05, 4.69) is 21.2 Å². The molecule has 0 spiro atoms. The summed E-state index contributed by atoms with van der Waals surface area (Å²) in [6, 6.07) is 9.17. The van der Waals surface area contributed by atoms with Crippen LogP contribution in [0.2, 0.25) is 0 Å². The molecule has 0 bridgehead atoms. The molecule has 2 nitrogen and oxygen atoms in total. The molecule has 0 radical (unpaired) electrons. The second-order valence-corrected chi connectivity index (χ2v) is 5.02. The van der Waals surface area contributed by atoms with Gasteiger partial charge in [-0.2, -0.15) is 0 Å². The summed E-state index contributed by atoms with van der Waals surface area (Å²) in [5.74, 6) is -0.469. The molecule has 1 N–H and O–H groups in total. The van der Waals surface area contributed by atoms with E-state index in [1.807, 2.05) is 0 Å². The zero-order valence-corrected chi connectivity index (χ0v) is 12.5. The molecule has 0 saturated heterocycles. The largest absolute Gasteiger partial charge is 0.491 e. The van der Waals surface area contributed by atoms with E-state index in [0.29, 0.717) is 23.3 Å². The number of hydrogen-bond acceptors (Lipinski definition) is 2. The summed E-state index contributed by atoms with van der Waals surface area (Å²) in [4.78, 5) is 0. The van der Waals surface area contributed by atoms with Crippen LogP contribution < -0.4 is 10.1 Å². The molecule has 0 aliphatic carbocycles. The molecular weight excluding hydrogens is 328 g/mol. The summed E-state index contributed by atoms with van der Waals surface area (Å²) < 4.78 is 32.4. The third kappa shape index (κ3) is 3.70. The average Bonchev–Trinajstić information content (AvgIpc) is 2.41. The molecule has 5 heteroatoms. The number of rotatable bonds is 5. The number of ether oxygens (including phenoxy) is 1. The SMILES string of the molecule is CCOc1ccc(NCc2ccc(F)cc2Br)cc1F. The summed E-state index contributed by atoms with van der Waals surface area (Å²) in [5, 5.41) is 3.08. The van der Waals surface area contributed by atoms with Crippen molar-refractivity contribution in [3.05, 3.63) is 58.1 Å². The number of hydrogen-bond donors (Lipinski definition) is 1. The maximum absolute atomic E-state index is 13.7. The maximum atomic E-state index is 13.7. The van der Waals surface area contributed by atoms with E-state index >= 15 is 0 Å². The lowest BCUT2D eigenvalue weighted by Gasteiger charge is -2.10. The third-order valence-electron chi connectivity index (χ3n) is 2.73. The van der Waals surface area contributed by atoms with Crippen LogP contribution in [-0.2, 0) is 6.54 Å². The van der Waals surface area contributed by atoms with Crippen molar-refractivity contribution in [2.75, 3.05) is 11.9 Å². The van der Waals surface area contributed by atoms with Crippen LogP contribution in [0.5, 0.6) is 5.75 Å². The first-order valence-electron chi connectivity index (χ1n) is 6.20. The average molecular weight is 342 g/mol.